The molecular weight excluding hydrogens is 276 g/mol. The molecule has 1 aliphatic rings. The molecule has 0 aliphatic carbocycles. The van der Waals surface area contributed by atoms with Crippen LogP contribution in [0.2, 0.25) is 0 Å². The van der Waals surface area contributed by atoms with Gasteiger partial charge in [0.25, 0.3) is 5.91 Å². The number of aromatic amines is 1. The second-order valence-electron chi connectivity index (χ2n) is 5.98. The van der Waals surface area contributed by atoms with Gasteiger partial charge in [0.1, 0.15) is 5.69 Å². The fourth-order valence-corrected chi connectivity index (χ4v) is 3.31. The molecule has 1 fully saturated rings. The van der Waals surface area contributed by atoms with E-state index in [4.69, 9.17) is 0 Å². The molecule has 2 N–H and O–H groups in total. The quantitative estimate of drug-likeness (QED) is 0.725. The molecule has 1 saturated heterocycles. The highest BCUT2D eigenvalue weighted by Crippen LogP contribution is 2.26. The number of carbonyl (C=O) groups is 1. The lowest BCUT2D eigenvalue weighted by molar-refractivity contribution is 0.0470. The largest absolute Gasteiger partial charge is 0.391 e. The first-order valence-electron chi connectivity index (χ1n) is 7.70. The van der Waals surface area contributed by atoms with Gasteiger partial charge in [0, 0.05) is 24.0 Å². The molecule has 1 aromatic heterocycles. The third-order valence-corrected chi connectivity index (χ3v) is 4.44. The Morgan fingerprint density at radius 1 is 1.18 bits per heavy atom. The summed E-state index contributed by atoms with van der Waals surface area (Å²) in [6, 6.07) is 14.2. The highest BCUT2D eigenvalue weighted by molar-refractivity contribution is 6.09. The first-order valence-corrected chi connectivity index (χ1v) is 7.70. The van der Waals surface area contributed by atoms with Gasteiger partial charge in [-0.1, -0.05) is 30.3 Å². The summed E-state index contributed by atoms with van der Waals surface area (Å²) in [6.07, 6.45) is 1.24. The topological polar surface area (TPSA) is 56.3 Å². The Bertz CT molecular complexity index is 853. The fourth-order valence-electron chi connectivity index (χ4n) is 3.31. The average Bonchev–Trinajstić information content (AvgIpc) is 2.99. The van der Waals surface area contributed by atoms with Crippen molar-refractivity contribution in [2.75, 3.05) is 13.1 Å². The Morgan fingerprint density at radius 3 is 2.91 bits per heavy atom. The van der Waals surface area contributed by atoms with Crippen molar-refractivity contribution in [2.24, 2.45) is 0 Å². The first kappa shape index (κ1) is 13.3. The number of β-amino-alcohol motifs (C(OH)–C–C–N with tert-alkyl or cyclic N) is 1. The van der Waals surface area contributed by atoms with Gasteiger partial charge in [-0.2, -0.15) is 0 Å². The Balaban J connectivity index is 1.76. The van der Waals surface area contributed by atoms with Crippen molar-refractivity contribution in [3.8, 4) is 0 Å². The number of aliphatic hydroxyl groups excluding tert-OH is 1. The number of carbonyl (C=O) groups excluding carboxylic acids is 1. The van der Waals surface area contributed by atoms with Crippen LogP contribution in [0.4, 0.5) is 0 Å². The maximum absolute atomic E-state index is 12.6. The average molecular weight is 294 g/mol. The zero-order chi connectivity index (χ0) is 15.1. The van der Waals surface area contributed by atoms with Crippen LogP contribution in [0.5, 0.6) is 0 Å². The Morgan fingerprint density at radius 2 is 2.05 bits per heavy atom. The smallest absolute Gasteiger partial charge is 0.270 e. The van der Waals surface area contributed by atoms with Gasteiger partial charge in [0.2, 0.25) is 0 Å². The minimum atomic E-state index is -0.400. The van der Waals surface area contributed by atoms with E-state index in [0.717, 1.165) is 29.1 Å². The van der Waals surface area contributed by atoms with Crippen molar-refractivity contribution in [3.63, 3.8) is 0 Å². The second kappa shape index (κ2) is 5.14. The SMILES string of the molecule is O=C(c1cc2c(ccc3ccccc32)[nH]1)N1CCCC(O)C1. The van der Waals surface area contributed by atoms with E-state index in [9.17, 15) is 9.90 Å². The third kappa shape index (κ3) is 2.16. The van der Waals surface area contributed by atoms with Crippen molar-refractivity contribution in [1.82, 2.24) is 9.88 Å². The monoisotopic (exact) mass is 294 g/mol. The predicted octanol–water partition coefficient (Wildman–Crippen LogP) is 2.92. The molecule has 1 atom stereocenters. The summed E-state index contributed by atoms with van der Waals surface area (Å²) in [5.74, 6) is -0.0287. The fraction of sp³-hybridized carbons (Fsp3) is 0.278. The molecule has 22 heavy (non-hydrogen) atoms. The van der Waals surface area contributed by atoms with Crippen molar-refractivity contribution < 1.29 is 9.90 Å². The molecule has 0 saturated carbocycles. The molecule has 112 valence electrons. The maximum Gasteiger partial charge on any atom is 0.270 e. The van der Waals surface area contributed by atoms with Gasteiger partial charge in [-0.05, 0) is 35.7 Å². The van der Waals surface area contributed by atoms with Crippen molar-refractivity contribution in [2.45, 2.75) is 18.9 Å². The first-order chi connectivity index (χ1) is 10.7. The maximum atomic E-state index is 12.6. The summed E-state index contributed by atoms with van der Waals surface area (Å²) in [6.45, 7) is 1.14. The van der Waals surface area contributed by atoms with E-state index in [2.05, 4.69) is 23.2 Å². The summed E-state index contributed by atoms with van der Waals surface area (Å²) in [5, 5.41) is 13.1. The van der Waals surface area contributed by atoms with Gasteiger partial charge in [-0.3, -0.25) is 4.79 Å². The molecule has 0 radical (unpaired) electrons. The van der Waals surface area contributed by atoms with Gasteiger partial charge in [0.05, 0.1) is 6.10 Å². The summed E-state index contributed by atoms with van der Waals surface area (Å²) in [5.41, 5.74) is 1.57. The van der Waals surface area contributed by atoms with E-state index in [-0.39, 0.29) is 5.91 Å². The molecule has 3 aromatic rings. The molecule has 1 aliphatic heterocycles. The number of fused-ring (bicyclic) bond motifs is 3. The lowest BCUT2D eigenvalue weighted by atomic mass is 10.1. The molecule has 4 rings (SSSR count). The number of benzene rings is 2. The Kier molecular flexibility index (Phi) is 3.12. The highest BCUT2D eigenvalue weighted by atomic mass is 16.3. The van der Waals surface area contributed by atoms with E-state index in [1.54, 1.807) is 4.90 Å². The minimum Gasteiger partial charge on any atom is -0.391 e. The molecule has 1 unspecified atom stereocenters. The van der Waals surface area contributed by atoms with Crippen LogP contribution in [-0.2, 0) is 0 Å². The van der Waals surface area contributed by atoms with Gasteiger partial charge in [-0.25, -0.2) is 0 Å². The van der Waals surface area contributed by atoms with Crippen LogP contribution in [0.3, 0.4) is 0 Å². The number of hydrogen-bond acceptors (Lipinski definition) is 2. The van der Waals surface area contributed by atoms with E-state index in [0.29, 0.717) is 18.8 Å². The number of aromatic nitrogens is 1. The summed E-state index contributed by atoms with van der Waals surface area (Å²) >= 11 is 0. The van der Waals surface area contributed by atoms with Crippen molar-refractivity contribution in [1.29, 1.82) is 0 Å². The number of piperidine rings is 1. The molecule has 4 nitrogen and oxygen atoms in total. The number of hydrogen-bond donors (Lipinski definition) is 2. The Hall–Kier alpha value is -2.33. The van der Waals surface area contributed by atoms with Crippen LogP contribution in [-0.4, -0.2) is 40.1 Å². The van der Waals surface area contributed by atoms with Crippen LogP contribution in [0, 0.1) is 0 Å². The lowest BCUT2D eigenvalue weighted by Gasteiger charge is -2.29. The number of likely N-dealkylation sites (tertiary alicyclic amines) is 1. The molecule has 1 amide bonds. The molecule has 2 heterocycles. The van der Waals surface area contributed by atoms with Crippen LogP contribution >= 0.6 is 0 Å². The van der Waals surface area contributed by atoms with Crippen LogP contribution in [0.1, 0.15) is 23.3 Å². The van der Waals surface area contributed by atoms with Gasteiger partial charge < -0.3 is 15.0 Å². The minimum absolute atomic E-state index is 0.0287. The summed E-state index contributed by atoms with van der Waals surface area (Å²) < 4.78 is 0. The molecule has 2 aromatic carbocycles. The van der Waals surface area contributed by atoms with Crippen LogP contribution in [0.25, 0.3) is 21.7 Å². The predicted molar refractivity (Wildman–Crippen MR) is 86.9 cm³/mol. The number of amides is 1. The summed E-state index contributed by atoms with van der Waals surface area (Å²) in [4.78, 5) is 17.6. The van der Waals surface area contributed by atoms with Gasteiger partial charge in [0.15, 0.2) is 0 Å². The number of H-pyrrole nitrogens is 1. The van der Waals surface area contributed by atoms with E-state index in [1.807, 2.05) is 24.3 Å². The van der Waals surface area contributed by atoms with Crippen LogP contribution < -0.4 is 0 Å². The zero-order valence-electron chi connectivity index (χ0n) is 12.2. The third-order valence-electron chi connectivity index (χ3n) is 4.44. The van der Waals surface area contributed by atoms with E-state index >= 15 is 0 Å². The number of aliphatic hydroxyl groups is 1. The van der Waals surface area contributed by atoms with Crippen LogP contribution in [0.15, 0.2) is 42.5 Å². The normalized spacial score (nSPS) is 19.0. The van der Waals surface area contributed by atoms with Crippen molar-refractivity contribution >= 4 is 27.6 Å². The molecule has 0 spiro atoms. The van der Waals surface area contributed by atoms with Crippen molar-refractivity contribution in [3.05, 3.63) is 48.2 Å². The standard InChI is InChI=1S/C18H18N2O2/c21-13-5-3-9-20(11-13)18(22)17-10-15-14-6-2-1-4-12(14)7-8-16(15)19-17/h1-2,4,6-8,10,13,19,21H,3,5,9,11H2. The zero-order valence-corrected chi connectivity index (χ0v) is 12.2. The van der Waals surface area contributed by atoms with E-state index < -0.39 is 6.10 Å². The molecular formula is C18H18N2O2. The molecule has 0 bridgehead atoms. The second-order valence-corrected chi connectivity index (χ2v) is 5.98. The Labute approximate surface area is 128 Å². The number of nitrogens with one attached hydrogen (secondary N) is 1. The lowest BCUT2D eigenvalue weighted by Crippen LogP contribution is -2.42. The summed E-state index contributed by atoms with van der Waals surface area (Å²) in [7, 11) is 0. The number of rotatable bonds is 1. The van der Waals surface area contributed by atoms with E-state index in [1.165, 1.54) is 5.39 Å². The van der Waals surface area contributed by atoms with Gasteiger partial charge >= 0.3 is 0 Å². The molecule has 4 heteroatoms. The van der Waals surface area contributed by atoms with Gasteiger partial charge in [-0.15, -0.1) is 0 Å². The number of nitrogens with zero attached hydrogens (tertiary/aromatic N) is 1. The highest BCUT2D eigenvalue weighted by Gasteiger charge is 2.24.